The summed E-state index contributed by atoms with van der Waals surface area (Å²) in [6.45, 7) is 8.64. The maximum atomic E-state index is 13.0. The highest BCUT2D eigenvalue weighted by Crippen LogP contribution is 2.28. The van der Waals surface area contributed by atoms with Crippen LogP contribution in [0.3, 0.4) is 0 Å². The second kappa shape index (κ2) is 19.5. The van der Waals surface area contributed by atoms with Gasteiger partial charge in [0.05, 0.1) is 0 Å². The Kier molecular flexibility index (Phi) is 15.8. The second-order valence-electron chi connectivity index (χ2n) is 12.6. The van der Waals surface area contributed by atoms with Crippen LogP contribution in [-0.4, -0.2) is 8.42 Å². The summed E-state index contributed by atoms with van der Waals surface area (Å²) < 4.78 is 31.4. The van der Waals surface area contributed by atoms with E-state index in [9.17, 15) is 8.42 Å². The molecule has 5 heteroatoms. The Bertz CT molecular complexity index is 1420. The molecule has 0 atom stereocenters. The monoisotopic (exact) mass is 644 g/mol. The Morgan fingerprint density at radius 2 is 1.04 bits per heavy atom. The highest BCUT2D eigenvalue weighted by Gasteiger charge is 2.21. The molecule has 0 amide bonds. The second-order valence-corrected chi connectivity index (χ2v) is 15.2. The average molecular weight is 645 g/mol. The third-order valence-corrected chi connectivity index (χ3v) is 10.1. The molecule has 0 fully saturated rings. The van der Waals surface area contributed by atoms with E-state index in [0.717, 1.165) is 30.4 Å². The van der Waals surface area contributed by atoms with Gasteiger partial charge in [0.25, 0.3) is 0 Å². The van der Waals surface area contributed by atoms with Crippen LogP contribution in [0.15, 0.2) is 124 Å². The summed E-state index contributed by atoms with van der Waals surface area (Å²) in [5.41, 5.74) is 2.00. The fourth-order valence-corrected chi connectivity index (χ4v) is 7.10. The van der Waals surface area contributed by atoms with Gasteiger partial charge in [0.15, 0.2) is 0 Å². The Hall–Kier alpha value is -3.02. The maximum Gasteiger partial charge on any atom is 0.339 e. The summed E-state index contributed by atoms with van der Waals surface area (Å²) in [6.07, 6.45) is 13.4. The molecule has 0 N–H and O–H groups in total. The molecule has 0 saturated heterocycles. The zero-order valence-corrected chi connectivity index (χ0v) is 29.3. The van der Waals surface area contributed by atoms with Crippen molar-refractivity contribution in [2.75, 3.05) is 0 Å². The molecule has 0 aliphatic heterocycles. The van der Waals surface area contributed by atoms with Gasteiger partial charge in [-0.15, -0.1) is 0 Å². The van der Waals surface area contributed by atoms with Gasteiger partial charge in [-0.1, -0.05) is 164 Å². The maximum absolute atomic E-state index is 13.0. The van der Waals surface area contributed by atoms with E-state index < -0.39 is 10.1 Å². The minimum Gasteiger partial charge on any atom is -0.379 e. The molecule has 0 bridgehead atoms. The van der Waals surface area contributed by atoms with Crippen molar-refractivity contribution in [1.82, 2.24) is 0 Å². The molecule has 0 aliphatic carbocycles. The predicted octanol–water partition coefficient (Wildman–Crippen LogP) is 12.1. The van der Waals surface area contributed by atoms with Crippen LogP contribution in [0.4, 0.5) is 0 Å². The molecule has 242 valence electrons. The largest absolute Gasteiger partial charge is 0.379 e. The predicted molar refractivity (Wildman–Crippen MR) is 192 cm³/mol. The average Bonchev–Trinajstić information content (AvgIpc) is 3.03. The van der Waals surface area contributed by atoms with Gasteiger partial charge in [0.1, 0.15) is 10.6 Å². The molecule has 0 aliphatic rings. The Morgan fingerprint density at radius 1 is 0.578 bits per heavy atom. The molecule has 4 aromatic carbocycles. The summed E-state index contributed by atoms with van der Waals surface area (Å²) in [7, 11) is -3.85. The van der Waals surface area contributed by atoms with Crippen molar-refractivity contribution in [1.29, 1.82) is 0 Å². The van der Waals surface area contributed by atoms with Crippen LogP contribution >= 0.6 is 11.8 Å². The van der Waals surface area contributed by atoms with E-state index in [1.807, 2.05) is 36.4 Å². The molecule has 0 radical (unpaired) electrons. The lowest BCUT2D eigenvalue weighted by Crippen LogP contribution is -2.13. The van der Waals surface area contributed by atoms with Crippen molar-refractivity contribution in [2.45, 2.75) is 118 Å². The van der Waals surface area contributed by atoms with Crippen LogP contribution in [0, 0.1) is 0 Å². The Balaban J connectivity index is 0.000000350. The molecular formula is C40H52O3S2. The lowest BCUT2D eigenvalue weighted by molar-refractivity contribution is 0.484. The third-order valence-electron chi connectivity index (χ3n) is 7.69. The first-order valence-corrected chi connectivity index (χ1v) is 18.8. The normalized spacial score (nSPS) is 11.5. The van der Waals surface area contributed by atoms with Crippen LogP contribution in [0.1, 0.15) is 103 Å². The van der Waals surface area contributed by atoms with Gasteiger partial charge in [0, 0.05) is 9.79 Å². The summed E-state index contributed by atoms with van der Waals surface area (Å²) in [4.78, 5) is 2.86. The number of rotatable bonds is 16. The van der Waals surface area contributed by atoms with E-state index in [-0.39, 0.29) is 10.3 Å². The topological polar surface area (TPSA) is 43.4 Å². The first-order valence-electron chi connectivity index (χ1n) is 16.6. The van der Waals surface area contributed by atoms with Crippen molar-refractivity contribution >= 4 is 21.9 Å². The molecule has 0 unspecified atom stereocenters. The van der Waals surface area contributed by atoms with Gasteiger partial charge in [-0.2, -0.15) is 8.42 Å². The van der Waals surface area contributed by atoms with Gasteiger partial charge < -0.3 is 4.18 Å². The third kappa shape index (κ3) is 13.9. The molecule has 0 saturated carbocycles. The lowest BCUT2D eigenvalue weighted by atomic mass is 9.87. The molecular weight excluding hydrogens is 593 g/mol. The SMILES string of the molecule is CCCCCCCCCCCCc1ccccc1S(=O)(=O)Oc1ccc(C(C)(C)C)cc1.c1ccc(Sc2ccccc2)cc1. The van der Waals surface area contributed by atoms with Crippen LogP contribution in [0.2, 0.25) is 0 Å². The fraction of sp³-hybridized carbons (Fsp3) is 0.400. The molecule has 0 aromatic heterocycles. The number of benzene rings is 4. The number of aryl methyl sites for hydroxylation is 1. The standard InChI is InChI=1S/C28H42O3S.C12H10S/c1-5-6-7-8-9-10-11-12-13-14-17-24-18-15-16-19-27(24)32(29,30)31-26-22-20-25(21-23-26)28(2,3)4;1-3-7-11(8-4-1)13-12-9-5-2-6-10-12/h15-16,18-23H,5-14,17H2,1-4H3;1-10H. The number of hydrogen-bond donors (Lipinski definition) is 0. The minimum atomic E-state index is -3.85. The van der Waals surface area contributed by atoms with Crippen molar-refractivity contribution in [2.24, 2.45) is 0 Å². The summed E-state index contributed by atoms with van der Waals surface area (Å²) in [5, 5.41) is 0. The van der Waals surface area contributed by atoms with Gasteiger partial charge in [0.2, 0.25) is 0 Å². The number of hydrogen-bond acceptors (Lipinski definition) is 4. The van der Waals surface area contributed by atoms with Crippen LogP contribution in [0.25, 0.3) is 0 Å². The van der Waals surface area contributed by atoms with Gasteiger partial charge in [-0.05, 0) is 71.8 Å². The summed E-state index contributed by atoms with van der Waals surface area (Å²) in [5.74, 6) is 0.353. The zero-order chi connectivity index (χ0) is 32.4. The van der Waals surface area contributed by atoms with Gasteiger partial charge in [-0.3, -0.25) is 0 Å². The van der Waals surface area contributed by atoms with Gasteiger partial charge >= 0.3 is 10.1 Å². The van der Waals surface area contributed by atoms with E-state index in [4.69, 9.17) is 4.18 Å². The van der Waals surface area contributed by atoms with Crippen LogP contribution in [0.5, 0.6) is 5.75 Å². The first-order chi connectivity index (χ1) is 21.7. The zero-order valence-electron chi connectivity index (χ0n) is 27.7. The van der Waals surface area contributed by atoms with Gasteiger partial charge in [-0.25, -0.2) is 0 Å². The van der Waals surface area contributed by atoms with Crippen molar-refractivity contribution < 1.29 is 12.6 Å². The van der Waals surface area contributed by atoms with E-state index in [1.54, 1.807) is 36.0 Å². The van der Waals surface area contributed by atoms with E-state index in [0.29, 0.717) is 5.75 Å². The smallest absolute Gasteiger partial charge is 0.339 e. The van der Waals surface area contributed by atoms with Crippen molar-refractivity contribution in [3.63, 3.8) is 0 Å². The fourth-order valence-electron chi connectivity index (χ4n) is 5.05. The quantitative estimate of drug-likeness (QED) is 0.0899. The minimum absolute atomic E-state index is 0.0130. The molecule has 4 rings (SSSR count). The van der Waals surface area contributed by atoms with E-state index in [1.165, 1.54) is 61.2 Å². The molecule has 4 aromatic rings. The number of unbranched alkanes of at least 4 members (excludes halogenated alkanes) is 9. The first kappa shape index (κ1) is 36.4. The summed E-state index contributed by atoms with van der Waals surface area (Å²) >= 11 is 1.79. The lowest BCUT2D eigenvalue weighted by Gasteiger charge is -2.19. The summed E-state index contributed by atoms with van der Waals surface area (Å²) in [6, 6.07) is 35.4. The van der Waals surface area contributed by atoms with Crippen LogP contribution in [-0.2, 0) is 22.0 Å². The Labute approximate surface area is 278 Å². The molecule has 45 heavy (non-hydrogen) atoms. The van der Waals surface area contributed by atoms with E-state index >= 15 is 0 Å². The van der Waals surface area contributed by atoms with Crippen LogP contribution < -0.4 is 4.18 Å². The molecule has 0 heterocycles. The molecule has 3 nitrogen and oxygen atoms in total. The highest BCUT2D eigenvalue weighted by atomic mass is 32.2. The molecule has 0 spiro atoms. The van der Waals surface area contributed by atoms with E-state index in [2.05, 4.69) is 76.2 Å². The van der Waals surface area contributed by atoms with Crippen molar-refractivity contribution in [3.05, 3.63) is 120 Å². The van der Waals surface area contributed by atoms with Crippen molar-refractivity contribution in [3.8, 4) is 5.75 Å². The Morgan fingerprint density at radius 3 is 1.56 bits per heavy atom. The highest BCUT2D eigenvalue weighted by molar-refractivity contribution is 7.99.